The number of aromatic nitrogens is 1. The molecular weight excluding hydrogens is 587 g/mol. The number of esters is 1. The van der Waals surface area contributed by atoms with Crippen LogP contribution < -0.4 is 5.32 Å². The monoisotopic (exact) mass is 624 g/mol. The Kier molecular flexibility index (Phi) is 8.18. The van der Waals surface area contributed by atoms with Crippen LogP contribution in [0.15, 0.2) is 46.0 Å². The molecule has 0 radical (unpaired) electrons. The third-order valence-electron chi connectivity index (χ3n) is 9.49. The van der Waals surface area contributed by atoms with E-state index < -0.39 is 23.4 Å². The summed E-state index contributed by atoms with van der Waals surface area (Å²) in [5, 5.41) is 16.1. The summed E-state index contributed by atoms with van der Waals surface area (Å²) in [6, 6.07) is 3.83. The summed E-state index contributed by atoms with van der Waals surface area (Å²) in [7, 11) is 1.41. The fourth-order valence-electron chi connectivity index (χ4n) is 7.21. The van der Waals surface area contributed by atoms with E-state index in [4.69, 9.17) is 9.73 Å². The first-order valence-corrected chi connectivity index (χ1v) is 15.8. The van der Waals surface area contributed by atoms with Crippen molar-refractivity contribution in [3.63, 3.8) is 0 Å². The minimum atomic E-state index is -1.13. The number of aliphatic imine (C=N–C) groups is 1. The number of carbonyl (C=O) groups is 3. The number of amidine groups is 1. The molecule has 11 nitrogen and oxygen atoms in total. The average Bonchev–Trinajstić information content (AvgIpc) is 3.64. The number of aliphatic carboxylic acids is 1. The van der Waals surface area contributed by atoms with Gasteiger partial charge in [-0.3, -0.25) is 14.7 Å². The summed E-state index contributed by atoms with van der Waals surface area (Å²) in [4.78, 5) is 53.6. The van der Waals surface area contributed by atoms with Gasteiger partial charge in [0, 0.05) is 56.0 Å². The smallest absolute Gasteiger partial charge is 0.335 e. The number of amides is 2. The standard InChI is InChI=1S/C31H37FN6O5S/c1-18-21(5-4-6-22(18)32)25-24(28(39)40)23(34-26(35-25)27-33-11-14-44-27)15-36-12-13-38-30(42)37(17-31(38,2)16-36)20-9-7-19(8-10-20)29(41)43-3/h4-6,11,14,19-20,25H,7-10,12-13,15-17H2,1-3H3,(H,34,35)(H,39,40)/t19?,20?,25?,31-/m0/s1. The number of ether oxygens (including phenoxy) is 1. The van der Waals surface area contributed by atoms with Crippen molar-refractivity contribution in [3.8, 4) is 0 Å². The molecule has 3 aliphatic heterocycles. The van der Waals surface area contributed by atoms with E-state index in [2.05, 4.69) is 22.1 Å². The number of hydrogen-bond donors (Lipinski definition) is 2. The molecule has 1 aromatic heterocycles. The molecule has 2 aromatic rings. The van der Waals surface area contributed by atoms with E-state index in [0.29, 0.717) is 73.2 Å². The highest BCUT2D eigenvalue weighted by Crippen LogP contribution is 2.38. The van der Waals surface area contributed by atoms with Gasteiger partial charge in [0.2, 0.25) is 0 Å². The first-order valence-electron chi connectivity index (χ1n) is 14.9. The number of halogens is 1. The van der Waals surface area contributed by atoms with Crippen LogP contribution in [0, 0.1) is 18.7 Å². The van der Waals surface area contributed by atoms with Gasteiger partial charge in [-0.15, -0.1) is 11.3 Å². The van der Waals surface area contributed by atoms with Crippen molar-refractivity contribution in [1.29, 1.82) is 0 Å². The van der Waals surface area contributed by atoms with Crippen molar-refractivity contribution in [2.45, 2.75) is 57.2 Å². The third kappa shape index (κ3) is 5.47. The van der Waals surface area contributed by atoms with Crippen LogP contribution in [0.1, 0.15) is 54.8 Å². The topological polar surface area (TPSA) is 128 Å². The molecule has 2 N–H and O–H groups in total. The van der Waals surface area contributed by atoms with Gasteiger partial charge >= 0.3 is 18.0 Å². The number of hydrogen-bond acceptors (Lipinski definition) is 9. The quantitative estimate of drug-likeness (QED) is 0.448. The van der Waals surface area contributed by atoms with Crippen LogP contribution in [0.2, 0.25) is 0 Å². The zero-order valence-corrected chi connectivity index (χ0v) is 25.9. The van der Waals surface area contributed by atoms with Gasteiger partial charge < -0.3 is 25.0 Å². The molecule has 1 unspecified atom stereocenters. The predicted molar refractivity (Wildman–Crippen MR) is 162 cm³/mol. The number of carboxylic acids is 1. The fourth-order valence-corrected chi connectivity index (χ4v) is 7.80. The Bertz CT molecular complexity index is 1520. The molecule has 44 heavy (non-hydrogen) atoms. The van der Waals surface area contributed by atoms with Crippen molar-refractivity contribution in [2.75, 3.05) is 39.8 Å². The second kappa shape index (κ2) is 11.9. The highest BCUT2D eigenvalue weighted by atomic mass is 32.1. The lowest BCUT2D eigenvalue weighted by Crippen LogP contribution is -2.60. The van der Waals surface area contributed by atoms with E-state index in [1.165, 1.54) is 24.5 Å². The molecule has 2 amide bonds. The maximum absolute atomic E-state index is 14.6. The number of urea groups is 1. The van der Waals surface area contributed by atoms with Gasteiger partial charge in [-0.05, 0) is 56.7 Å². The van der Waals surface area contributed by atoms with E-state index >= 15 is 0 Å². The van der Waals surface area contributed by atoms with Crippen molar-refractivity contribution in [1.82, 2.24) is 25.0 Å². The molecule has 2 saturated heterocycles. The molecule has 234 valence electrons. The van der Waals surface area contributed by atoms with Crippen LogP contribution in [0.5, 0.6) is 0 Å². The van der Waals surface area contributed by atoms with Crippen molar-refractivity contribution >= 4 is 35.1 Å². The number of carbonyl (C=O) groups excluding carboxylic acids is 2. The molecule has 0 spiro atoms. The summed E-state index contributed by atoms with van der Waals surface area (Å²) in [5.74, 6) is -1.39. The molecule has 1 aliphatic carbocycles. The number of carboxylic acid groups (broad SMARTS) is 1. The predicted octanol–water partition coefficient (Wildman–Crippen LogP) is 3.56. The fraction of sp³-hybridized carbons (Fsp3) is 0.516. The Morgan fingerprint density at radius 2 is 1.98 bits per heavy atom. The van der Waals surface area contributed by atoms with Gasteiger partial charge in [0.25, 0.3) is 0 Å². The van der Waals surface area contributed by atoms with Gasteiger partial charge in [-0.25, -0.2) is 19.0 Å². The molecule has 1 saturated carbocycles. The van der Waals surface area contributed by atoms with Crippen molar-refractivity contribution in [2.24, 2.45) is 10.9 Å². The largest absolute Gasteiger partial charge is 0.478 e. The van der Waals surface area contributed by atoms with E-state index in [-0.39, 0.29) is 29.5 Å². The number of thiazole rings is 1. The number of benzene rings is 1. The summed E-state index contributed by atoms with van der Waals surface area (Å²) in [6.07, 6.45) is 4.59. The number of fused-ring (bicyclic) bond motifs is 1. The molecular formula is C31H37FN6O5S. The summed E-state index contributed by atoms with van der Waals surface area (Å²) in [5.41, 5.74) is 0.929. The van der Waals surface area contributed by atoms with Crippen LogP contribution in [0.4, 0.5) is 9.18 Å². The summed E-state index contributed by atoms with van der Waals surface area (Å²) >= 11 is 1.38. The van der Waals surface area contributed by atoms with Gasteiger partial charge in [-0.2, -0.15) is 0 Å². The van der Waals surface area contributed by atoms with Crippen molar-refractivity contribution < 1.29 is 28.6 Å². The lowest BCUT2D eigenvalue weighted by Gasteiger charge is -2.44. The number of nitrogens with one attached hydrogen (secondary N) is 1. The van der Waals surface area contributed by atoms with Gasteiger partial charge in [-0.1, -0.05) is 12.1 Å². The van der Waals surface area contributed by atoms with Gasteiger partial charge in [0.05, 0.1) is 24.1 Å². The van der Waals surface area contributed by atoms with Gasteiger partial charge in [0.15, 0.2) is 10.8 Å². The van der Waals surface area contributed by atoms with Crippen LogP contribution in [0.3, 0.4) is 0 Å². The number of methoxy groups -OCH3 is 1. The molecule has 4 heterocycles. The SMILES string of the molecule is COC(=O)C1CCC(N2C[C@]3(C)CN(CC4=C(C(=O)O)C(c5cccc(F)c5C)N=C(c5nccs5)N4)CCN3C2=O)CC1. The maximum Gasteiger partial charge on any atom is 0.335 e. The Morgan fingerprint density at radius 1 is 1.20 bits per heavy atom. The zero-order chi connectivity index (χ0) is 31.2. The number of rotatable bonds is 7. The Balaban J connectivity index is 1.24. The molecule has 2 atom stereocenters. The summed E-state index contributed by atoms with van der Waals surface area (Å²) < 4.78 is 19.6. The van der Waals surface area contributed by atoms with Crippen LogP contribution in [-0.4, -0.2) is 100 Å². The van der Waals surface area contributed by atoms with Crippen LogP contribution in [-0.2, 0) is 14.3 Å². The first kappa shape index (κ1) is 30.2. The second-order valence-electron chi connectivity index (χ2n) is 12.3. The first-order chi connectivity index (χ1) is 21.1. The Morgan fingerprint density at radius 3 is 2.66 bits per heavy atom. The highest BCUT2D eigenvalue weighted by molar-refractivity contribution is 7.11. The van der Waals surface area contributed by atoms with E-state index in [0.717, 1.165) is 12.8 Å². The number of piperazine rings is 1. The Hall–Kier alpha value is -3.84. The molecule has 13 heteroatoms. The van der Waals surface area contributed by atoms with Crippen LogP contribution >= 0.6 is 11.3 Å². The number of nitrogens with zero attached hydrogens (tertiary/aromatic N) is 5. The lowest BCUT2D eigenvalue weighted by molar-refractivity contribution is -0.146. The maximum atomic E-state index is 14.6. The minimum Gasteiger partial charge on any atom is -0.478 e. The minimum absolute atomic E-state index is 0.0229. The third-order valence-corrected chi connectivity index (χ3v) is 10.3. The lowest BCUT2D eigenvalue weighted by atomic mass is 9.85. The second-order valence-corrected chi connectivity index (χ2v) is 13.2. The molecule has 0 bridgehead atoms. The van der Waals surface area contributed by atoms with Crippen molar-refractivity contribution in [3.05, 3.63) is 63.0 Å². The zero-order valence-electron chi connectivity index (χ0n) is 25.1. The average molecular weight is 625 g/mol. The normalized spacial score (nSPS) is 27.6. The van der Waals surface area contributed by atoms with E-state index in [9.17, 15) is 23.9 Å². The highest BCUT2D eigenvalue weighted by Gasteiger charge is 2.51. The Labute approximate surface area is 259 Å². The molecule has 3 fully saturated rings. The van der Waals surface area contributed by atoms with E-state index in [1.54, 1.807) is 25.3 Å². The van der Waals surface area contributed by atoms with Gasteiger partial charge in [0.1, 0.15) is 11.9 Å². The molecule has 1 aromatic carbocycles. The van der Waals surface area contributed by atoms with E-state index in [1.807, 2.05) is 15.2 Å². The van der Waals surface area contributed by atoms with Crippen LogP contribution in [0.25, 0.3) is 0 Å². The summed E-state index contributed by atoms with van der Waals surface area (Å²) in [6.45, 7) is 6.20. The molecule has 4 aliphatic rings. The molecule has 6 rings (SSSR count).